The molecule has 5 heteroatoms. The molecule has 5 nitrogen and oxygen atoms in total. The molecule has 0 spiro atoms. The van der Waals surface area contributed by atoms with E-state index in [9.17, 15) is 0 Å². The van der Waals surface area contributed by atoms with Crippen molar-refractivity contribution in [1.82, 2.24) is 9.97 Å². The maximum atomic E-state index is 5.43. The summed E-state index contributed by atoms with van der Waals surface area (Å²) in [5.74, 6) is 2.29. The zero-order chi connectivity index (χ0) is 16.9. The third kappa shape index (κ3) is 4.16. The largest absolute Gasteiger partial charge is 0.495 e. The van der Waals surface area contributed by atoms with Gasteiger partial charge in [-0.05, 0) is 44.4 Å². The lowest BCUT2D eigenvalue weighted by atomic mass is 9.96. The van der Waals surface area contributed by atoms with E-state index < -0.39 is 0 Å². The van der Waals surface area contributed by atoms with Crippen LogP contribution in [0.25, 0.3) is 0 Å². The SMILES string of the molecule is COc1ccc(C)cc1Nc1cc(C)nc(NC2CCCCC2)n1. The number of hydrogen-bond donors (Lipinski definition) is 2. The molecule has 128 valence electrons. The molecule has 0 unspecified atom stereocenters. The fourth-order valence-corrected chi connectivity index (χ4v) is 3.18. The number of nitrogens with one attached hydrogen (secondary N) is 2. The van der Waals surface area contributed by atoms with Gasteiger partial charge in [0.05, 0.1) is 12.8 Å². The summed E-state index contributed by atoms with van der Waals surface area (Å²) >= 11 is 0. The average Bonchev–Trinajstić information content (AvgIpc) is 2.55. The summed E-state index contributed by atoms with van der Waals surface area (Å²) in [5, 5.41) is 6.86. The van der Waals surface area contributed by atoms with Crippen LogP contribution in [-0.2, 0) is 0 Å². The minimum Gasteiger partial charge on any atom is -0.495 e. The number of aryl methyl sites for hydroxylation is 2. The summed E-state index contributed by atoms with van der Waals surface area (Å²) in [6, 6.07) is 8.50. The number of nitrogens with zero attached hydrogens (tertiary/aromatic N) is 2. The van der Waals surface area contributed by atoms with Crippen LogP contribution >= 0.6 is 0 Å². The molecule has 0 saturated heterocycles. The third-order valence-electron chi connectivity index (χ3n) is 4.41. The van der Waals surface area contributed by atoms with Crippen molar-refractivity contribution in [3.8, 4) is 5.75 Å². The van der Waals surface area contributed by atoms with Crippen molar-refractivity contribution >= 4 is 17.5 Å². The monoisotopic (exact) mass is 326 g/mol. The van der Waals surface area contributed by atoms with E-state index in [-0.39, 0.29) is 0 Å². The van der Waals surface area contributed by atoms with Crippen molar-refractivity contribution in [1.29, 1.82) is 0 Å². The molecule has 0 radical (unpaired) electrons. The van der Waals surface area contributed by atoms with E-state index in [4.69, 9.17) is 4.74 Å². The zero-order valence-corrected chi connectivity index (χ0v) is 14.7. The molecule has 1 saturated carbocycles. The summed E-state index contributed by atoms with van der Waals surface area (Å²) < 4.78 is 5.43. The second kappa shape index (κ2) is 7.51. The van der Waals surface area contributed by atoms with Crippen LogP contribution < -0.4 is 15.4 Å². The van der Waals surface area contributed by atoms with Crippen LogP contribution in [0.3, 0.4) is 0 Å². The van der Waals surface area contributed by atoms with Crippen LogP contribution in [0, 0.1) is 13.8 Å². The predicted molar refractivity (Wildman–Crippen MR) is 98.3 cm³/mol. The molecule has 1 fully saturated rings. The van der Waals surface area contributed by atoms with E-state index in [1.54, 1.807) is 7.11 Å². The molecular formula is C19H26N4O. The number of hydrogen-bond acceptors (Lipinski definition) is 5. The van der Waals surface area contributed by atoms with Gasteiger partial charge in [-0.1, -0.05) is 25.3 Å². The molecule has 0 amide bonds. The Hall–Kier alpha value is -2.30. The van der Waals surface area contributed by atoms with Crippen molar-refractivity contribution in [2.75, 3.05) is 17.7 Å². The van der Waals surface area contributed by atoms with Gasteiger partial charge in [0.1, 0.15) is 11.6 Å². The van der Waals surface area contributed by atoms with Gasteiger partial charge in [-0.2, -0.15) is 4.98 Å². The normalized spacial score (nSPS) is 15.1. The first-order chi connectivity index (χ1) is 11.6. The highest BCUT2D eigenvalue weighted by atomic mass is 16.5. The quantitative estimate of drug-likeness (QED) is 0.841. The maximum Gasteiger partial charge on any atom is 0.225 e. The molecule has 2 N–H and O–H groups in total. The van der Waals surface area contributed by atoms with E-state index in [1.807, 2.05) is 25.1 Å². The van der Waals surface area contributed by atoms with Crippen molar-refractivity contribution in [3.05, 3.63) is 35.5 Å². The van der Waals surface area contributed by atoms with Gasteiger partial charge >= 0.3 is 0 Å². The first-order valence-electron chi connectivity index (χ1n) is 8.68. The molecule has 1 aromatic carbocycles. The maximum absolute atomic E-state index is 5.43. The number of methoxy groups -OCH3 is 1. The van der Waals surface area contributed by atoms with Crippen LogP contribution in [0.5, 0.6) is 5.75 Å². The van der Waals surface area contributed by atoms with E-state index in [0.717, 1.165) is 22.9 Å². The van der Waals surface area contributed by atoms with Crippen LogP contribution in [0.15, 0.2) is 24.3 Å². The Kier molecular flexibility index (Phi) is 5.18. The van der Waals surface area contributed by atoms with E-state index in [0.29, 0.717) is 12.0 Å². The van der Waals surface area contributed by atoms with E-state index in [2.05, 4.69) is 33.6 Å². The number of ether oxygens (including phenoxy) is 1. The fraction of sp³-hybridized carbons (Fsp3) is 0.474. The number of aromatic nitrogens is 2. The van der Waals surface area contributed by atoms with Gasteiger partial charge in [0.25, 0.3) is 0 Å². The minimum absolute atomic E-state index is 0.488. The van der Waals surface area contributed by atoms with Gasteiger partial charge in [-0.15, -0.1) is 0 Å². The van der Waals surface area contributed by atoms with Gasteiger partial charge in [0, 0.05) is 17.8 Å². The Morgan fingerprint density at radius 3 is 2.58 bits per heavy atom. The Labute approximate surface area is 143 Å². The molecule has 3 rings (SSSR count). The zero-order valence-electron chi connectivity index (χ0n) is 14.7. The number of anilines is 3. The van der Waals surface area contributed by atoms with E-state index in [1.165, 1.54) is 37.7 Å². The lowest BCUT2D eigenvalue weighted by molar-refractivity contribution is 0.416. The fourth-order valence-electron chi connectivity index (χ4n) is 3.18. The standard InChI is InChI=1S/C19H26N4O/c1-13-9-10-17(24-3)16(11-13)22-18-12-14(2)20-19(23-18)21-15-7-5-4-6-8-15/h9-12,15H,4-8H2,1-3H3,(H2,20,21,22,23). The molecule has 24 heavy (non-hydrogen) atoms. The Bertz CT molecular complexity index is 696. The first kappa shape index (κ1) is 16.6. The lowest BCUT2D eigenvalue weighted by Crippen LogP contribution is -2.23. The predicted octanol–water partition coefficient (Wildman–Crippen LogP) is 4.59. The summed E-state index contributed by atoms with van der Waals surface area (Å²) in [5.41, 5.74) is 3.03. The smallest absolute Gasteiger partial charge is 0.225 e. The average molecular weight is 326 g/mol. The van der Waals surface area contributed by atoms with Crippen LogP contribution in [-0.4, -0.2) is 23.1 Å². The molecule has 1 aromatic heterocycles. The molecule has 0 bridgehead atoms. The molecular weight excluding hydrogens is 300 g/mol. The Balaban J connectivity index is 1.79. The summed E-state index contributed by atoms with van der Waals surface area (Å²) in [6.45, 7) is 4.05. The number of rotatable bonds is 5. The van der Waals surface area contributed by atoms with E-state index >= 15 is 0 Å². The van der Waals surface area contributed by atoms with Crippen molar-refractivity contribution in [2.45, 2.75) is 52.0 Å². The molecule has 1 aliphatic rings. The summed E-state index contributed by atoms with van der Waals surface area (Å²) in [7, 11) is 1.68. The van der Waals surface area contributed by atoms with Gasteiger partial charge in [0.2, 0.25) is 5.95 Å². The summed E-state index contributed by atoms with van der Waals surface area (Å²) in [4.78, 5) is 9.18. The molecule has 1 heterocycles. The topological polar surface area (TPSA) is 59.1 Å². The van der Waals surface area contributed by atoms with Crippen LogP contribution in [0.1, 0.15) is 43.4 Å². The molecule has 0 atom stereocenters. The van der Waals surface area contributed by atoms with Gasteiger partial charge in [0.15, 0.2) is 0 Å². The third-order valence-corrected chi connectivity index (χ3v) is 4.41. The van der Waals surface area contributed by atoms with Gasteiger partial charge < -0.3 is 15.4 Å². The second-order valence-corrected chi connectivity index (χ2v) is 6.53. The first-order valence-corrected chi connectivity index (χ1v) is 8.68. The molecule has 2 aromatic rings. The Morgan fingerprint density at radius 1 is 1.04 bits per heavy atom. The highest BCUT2D eigenvalue weighted by Crippen LogP contribution is 2.28. The van der Waals surface area contributed by atoms with Crippen LogP contribution in [0.4, 0.5) is 17.5 Å². The molecule has 1 aliphatic carbocycles. The highest BCUT2D eigenvalue weighted by Gasteiger charge is 2.15. The van der Waals surface area contributed by atoms with Crippen molar-refractivity contribution in [3.63, 3.8) is 0 Å². The summed E-state index contributed by atoms with van der Waals surface area (Å²) in [6.07, 6.45) is 6.31. The highest BCUT2D eigenvalue weighted by molar-refractivity contribution is 5.65. The minimum atomic E-state index is 0.488. The molecule has 0 aliphatic heterocycles. The van der Waals surface area contributed by atoms with Gasteiger partial charge in [-0.3, -0.25) is 0 Å². The Morgan fingerprint density at radius 2 is 1.83 bits per heavy atom. The van der Waals surface area contributed by atoms with Crippen molar-refractivity contribution in [2.24, 2.45) is 0 Å². The lowest BCUT2D eigenvalue weighted by Gasteiger charge is -2.23. The van der Waals surface area contributed by atoms with Gasteiger partial charge in [-0.25, -0.2) is 4.98 Å². The van der Waals surface area contributed by atoms with Crippen LogP contribution in [0.2, 0.25) is 0 Å². The number of benzene rings is 1. The van der Waals surface area contributed by atoms with Crippen molar-refractivity contribution < 1.29 is 4.74 Å². The second-order valence-electron chi connectivity index (χ2n) is 6.53.